The summed E-state index contributed by atoms with van der Waals surface area (Å²) in [5.74, 6) is 0.0969. The van der Waals surface area contributed by atoms with Crippen LogP contribution < -0.4 is 10.6 Å². The molecule has 1 aromatic carbocycles. The van der Waals surface area contributed by atoms with Crippen LogP contribution in [0, 0.1) is 11.8 Å². The number of hydrogen-bond donors (Lipinski definition) is 2. The van der Waals surface area contributed by atoms with Crippen molar-refractivity contribution in [3.63, 3.8) is 0 Å². The molecule has 6 nitrogen and oxygen atoms in total. The van der Waals surface area contributed by atoms with Crippen LogP contribution in [0.4, 0.5) is 11.4 Å². The highest BCUT2D eigenvalue weighted by molar-refractivity contribution is 5.93. The van der Waals surface area contributed by atoms with Gasteiger partial charge in [-0.05, 0) is 56.4 Å². The molecule has 2 rings (SSSR count). The number of carbonyl (C=O) groups excluding carboxylic acids is 3. The molecule has 1 aliphatic carbocycles. The second-order valence-corrected chi connectivity index (χ2v) is 7.41. The van der Waals surface area contributed by atoms with Crippen molar-refractivity contribution in [3.05, 3.63) is 24.3 Å². The van der Waals surface area contributed by atoms with E-state index in [0.29, 0.717) is 11.4 Å². The molecule has 0 bridgehead atoms. The number of nitrogens with one attached hydrogen (secondary N) is 2. The van der Waals surface area contributed by atoms with Gasteiger partial charge >= 0.3 is 0 Å². The molecule has 0 saturated heterocycles. The molecule has 0 unspecified atom stereocenters. The van der Waals surface area contributed by atoms with Crippen molar-refractivity contribution < 1.29 is 14.4 Å². The van der Waals surface area contributed by atoms with Crippen molar-refractivity contribution in [1.82, 2.24) is 4.90 Å². The Hall–Kier alpha value is -2.37. The number of nitrogens with zero attached hydrogens (tertiary/aromatic N) is 1. The maximum Gasteiger partial charge on any atom is 0.227 e. The zero-order chi connectivity index (χ0) is 19.8. The van der Waals surface area contributed by atoms with Crippen molar-refractivity contribution in [2.45, 2.75) is 52.4 Å². The fraction of sp³-hybridized carbons (Fsp3) is 0.571. The average molecular weight is 373 g/mol. The van der Waals surface area contributed by atoms with E-state index in [1.54, 1.807) is 24.3 Å². The van der Waals surface area contributed by atoms with Crippen LogP contribution >= 0.6 is 0 Å². The molecule has 3 amide bonds. The summed E-state index contributed by atoms with van der Waals surface area (Å²) in [6, 6.07) is 7.08. The third kappa shape index (κ3) is 6.38. The minimum absolute atomic E-state index is 0.00696. The molecule has 0 heterocycles. The van der Waals surface area contributed by atoms with Gasteiger partial charge in [-0.1, -0.05) is 13.3 Å². The normalized spacial score (nSPS) is 19.2. The van der Waals surface area contributed by atoms with Crippen LogP contribution in [0.25, 0.3) is 0 Å². The van der Waals surface area contributed by atoms with Gasteiger partial charge in [0.2, 0.25) is 17.7 Å². The molecule has 0 aromatic heterocycles. The standard InChI is InChI=1S/C21H31N3O3/c1-4-5-14-24(3)21(27)17-8-6-16(7-9-17)20(26)23-19-12-10-18(11-13-19)22-15(2)25/h10-13,16-17H,4-9,14H2,1-3H3,(H,22,25)(H,23,26). The summed E-state index contributed by atoms with van der Waals surface area (Å²) in [6.07, 6.45) is 5.14. The molecule has 1 aliphatic rings. The van der Waals surface area contributed by atoms with Gasteiger partial charge in [0.25, 0.3) is 0 Å². The summed E-state index contributed by atoms with van der Waals surface area (Å²) in [5.41, 5.74) is 1.42. The summed E-state index contributed by atoms with van der Waals surface area (Å²) >= 11 is 0. The fourth-order valence-corrected chi connectivity index (χ4v) is 3.50. The van der Waals surface area contributed by atoms with E-state index >= 15 is 0 Å². The van der Waals surface area contributed by atoms with Crippen molar-refractivity contribution >= 4 is 29.1 Å². The third-order valence-corrected chi connectivity index (χ3v) is 5.14. The smallest absolute Gasteiger partial charge is 0.227 e. The number of carbonyl (C=O) groups is 3. The Bertz CT molecular complexity index is 649. The van der Waals surface area contributed by atoms with E-state index in [1.165, 1.54) is 6.92 Å². The van der Waals surface area contributed by atoms with E-state index in [2.05, 4.69) is 17.6 Å². The molecule has 6 heteroatoms. The van der Waals surface area contributed by atoms with Crippen LogP contribution in [-0.2, 0) is 14.4 Å². The zero-order valence-electron chi connectivity index (χ0n) is 16.6. The van der Waals surface area contributed by atoms with E-state index in [4.69, 9.17) is 0 Å². The molecule has 1 aromatic rings. The Morgan fingerprint density at radius 2 is 1.48 bits per heavy atom. The first kappa shape index (κ1) is 20.9. The molecule has 148 valence electrons. The van der Waals surface area contributed by atoms with Gasteiger partial charge in [0.05, 0.1) is 0 Å². The highest BCUT2D eigenvalue weighted by atomic mass is 16.2. The predicted molar refractivity (Wildman–Crippen MR) is 107 cm³/mol. The van der Waals surface area contributed by atoms with Gasteiger partial charge in [-0.15, -0.1) is 0 Å². The molecule has 0 radical (unpaired) electrons. The highest BCUT2D eigenvalue weighted by Gasteiger charge is 2.31. The van der Waals surface area contributed by atoms with E-state index in [1.807, 2.05) is 11.9 Å². The summed E-state index contributed by atoms with van der Waals surface area (Å²) in [5, 5.41) is 5.64. The molecular weight excluding hydrogens is 342 g/mol. The van der Waals surface area contributed by atoms with Crippen LogP contribution in [0.2, 0.25) is 0 Å². The predicted octanol–water partition coefficient (Wildman–Crippen LogP) is 3.65. The van der Waals surface area contributed by atoms with Gasteiger partial charge in [0, 0.05) is 43.7 Å². The molecular formula is C21H31N3O3. The minimum atomic E-state index is -0.126. The van der Waals surface area contributed by atoms with Crippen LogP contribution in [0.3, 0.4) is 0 Å². The molecule has 2 N–H and O–H groups in total. The maximum atomic E-state index is 12.5. The first-order valence-electron chi connectivity index (χ1n) is 9.84. The number of amides is 3. The Balaban J connectivity index is 1.80. The van der Waals surface area contributed by atoms with Gasteiger partial charge in [-0.25, -0.2) is 0 Å². The summed E-state index contributed by atoms with van der Waals surface area (Å²) in [7, 11) is 1.88. The van der Waals surface area contributed by atoms with Crippen LogP contribution in [0.15, 0.2) is 24.3 Å². The number of anilines is 2. The van der Waals surface area contributed by atoms with Gasteiger partial charge in [-0.3, -0.25) is 14.4 Å². The lowest BCUT2D eigenvalue weighted by molar-refractivity contribution is -0.136. The second-order valence-electron chi connectivity index (χ2n) is 7.41. The quantitative estimate of drug-likeness (QED) is 0.766. The van der Waals surface area contributed by atoms with Crippen molar-refractivity contribution in [3.8, 4) is 0 Å². The topological polar surface area (TPSA) is 78.5 Å². The lowest BCUT2D eigenvalue weighted by atomic mass is 9.81. The minimum Gasteiger partial charge on any atom is -0.346 e. The van der Waals surface area contributed by atoms with Crippen molar-refractivity contribution in [1.29, 1.82) is 0 Å². The van der Waals surface area contributed by atoms with Crippen LogP contribution in [0.5, 0.6) is 0 Å². The Morgan fingerprint density at radius 1 is 0.963 bits per heavy atom. The SMILES string of the molecule is CCCCN(C)C(=O)C1CCC(C(=O)Nc2ccc(NC(C)=O)cc2)CC1. The van der Waals surface area contributed by atoms with E-state index in [9.17, 15) is 14.4 Å². The number of benzene rings is 1. The van der Waals surface area contributed by atoms with Crippen molar-refractivity contribution in [2.24, 2.45) is 11.8 Å². The van der Waals surface area contributed by atoms with Gasteiger partial charge in [0.1, 0.15) is 0 Å². The highest BCUT2D eigenvalue weighted by Crippen LogP contribution is 2.31. The third-order valence-electron chi connectivity index (χ3n) is 5.14. The number of unbranched alkanes of at least 4 members (excludes halogenated alkanes) is 1. The van der Waals surface area contributed by atoms with Crippen LogP contribution in [-0.4, -0.2) is 36.2 Å². The summed E-state index contributed by atoms with van der Waals surface area (Å²) < 4.78 is 0. The first-order valence-corrected chi connectivity index (χ1v) is 9.84. The van der Waals surface area contributed by atoms with Gasteiger partial charge in [-0.2, -0.15) is 0 Å². The fourth-order valence-electron chi connectivity index (χ4n) is 3.50. The second kappa shape index (κ2) is 10.1. The monoisotopic (exact) mass is 373 g/mol. The first-order chi connectivity index (χ1) is 12.9. The molecule has 0 aliphatic heterocycles. The number of hydrogen-bond acceptors (Lipinski definition) is 3. The Kier molecular flexibility index (Phi) is 7.82. The van der Waals surface area contributed by atoms with Crippen LogP contribution in [0.1, 0.15) is 52.4 Å². The number of rotatable bonds is 7. The molecule has 27 heavy (non-hydrogen) atoms. The van der Waals surface area contributed by atoms with E-state index in [-0.39, 0.29) is 29.6 Å². The largest absolute Gasteiger partial charge is 0.346 e. The Morgan fingerprint density at radius 3 is 2.00 bits per heavy atom. The van der Waals surface area contributed by atoms with Gasteiger partial charge < -0.3 is 15.5 Å². The van der Waals surface area contributed by atoms with Crippen molar-refractivity contribution in [2.75, 3.05) is 24.2 Å². The van der Waals surface area contributed by atoms with Gasteiger partial charge in [0.15, 0.2) is 0 Å². The zero-order valence-corrected chi connectivity index (χ0v) is 16.6. The maximum absolute atomic E-state index is 12.5. The van der Waals surface area contributed by atoms with E-state index < -0.39 is 0 Å². The summed E-state index contributed by atoms with van der Waals surface area (Å²) in [6.45, 7) is 4.39. The Labute approximate surface area is 161 Å². The molecule has 0 atom stereocenters. The lowest BCUT2D eigenvalue weighted by Gasteiger charge is -2.30. The lowest BCUT2D eigenvalue weighted by Crippen LogP contribution is -2.37. The average Bonchev–Trinajstić information content (AvgIpc) is 2.66. The molecule has 0 spiro atoms. The summed E-state index contributed by atoms with van der Waals surface area (Å²) in [4.78, 5) is 37.9. The molecule has 1 saturated carbocycles. The van der Waals surface area contributed by atoms with E-state index in [0.717, 1.165) is 45.1 Å². The molecule has 1 fully saturated rings.